The van der Waals surface area contributed by atoms with Gasteiger partial charge in [0.15, 0.2) is 17.5 Å². The molecule has 8 heteroatoms. The van der Waals surface area contributed by atoms with Gasteiger partial charge in [-0.1, -0.05) is 11.6 Å². The van der Waals surface area contributed by atoms with Crippen LogP contribution in [0.5, 0.6) is 0 Å². The number of hydrogen-bond acceptors (Lipinski definition) is 5. The Morgan fingerprint density at radius 1 is 1.31 bits per heavy atom. The monoisotopic (exact) mass is 374 g/mol. The number of halogens is 2. The van der Waals surface area contributed by atoms with E-state index in [1.165, 1.54) is 19.0 Å². The molecule has 1 atom stereocenters. The summed E-state index contributed by atoms with van der Waals surface area (Å²) in [7, 11) is 0. The van der Waals surface area contributed by atoms with Crippen LogP contribution in [0.1, 0.15) is 19.3 Å². The van der Waals surface area contributed by atoms with Gasteiger partial charge < -0.3 is 15.6 Å². The molecule has 6 nitrogen and oxygen atoms in total. The number of piperidine rings is 1. The molecule has 1 saturated heterocycles. The first kappa shape index (κ1) is 17.2. The van der Waals surface area contributed by atoms with Gasteiger partial charge in [-0.25, -0.2) is 19.3 Å². The van der Waals surface area contributed by atoms with Gasteiger partial charge in [-0.3, -0.25) is 0 Å². The second-order valence-corrected chi connectivity index (χ2v) is 7.01. The molecule has 0 amide bonds. The Bertz CT molecular complexity index is 906. The lowest BCUT2D eigenvalue weighted by atomic mass is 9.96. The van der Waals surface area contributed by atoms with Crippen molar-refractivity contribution in [3.8, 4) is 11.4 Å². The molecule has 1 aliphatic heterocycles. The average molecular weight is 375 g/mol. The van der Waals surface area contributed by atoms with Crippen LogP contribution in [0.2, 0.25) is 5.02 Å². The Hall–Kier alpha value is -2.25. The van der Waals surface area contributed by atoms with Crippen molar-refractivity contribution in [3.63, 3.8) is 0 Å². The van der Waals surface area contributed by atoms with E-state index in [0.29, 0.717) is 29.0 Å². The molecule has 0 aliphatic carbocycles. The van der Waals surface area contributed by atoms with E-state index in [1.807, 2.05) is 0 Å². The van der Waals surface area contributed by atoms with Crippen molar-refractivity contribution in [2.75, 3.05) is 25.0 Å². The number of H-pyrrole nitrogens is 1. The minimum absolute atomic E-state index is 0.225. The van der Waals surface area contributed by atoms with Crippen LogP contribution in [-0.2, 0) is 0 Å². The lowest BCUT2D eigenvalue weighted by molar-refractivity contribution is 0.364. The highest BCUT2D eigenvalue weighted by molar-refractivity contribution is 6.31. The van der Waals surface area contributed by atoms with Crippen LogP contribution in [0, 0.1) is 11.7 Å². The highest BCUT2D eigenvalue weighted by Crippen LogP contribution is 2.28. The number of rotatable bonds is 5. The Kier molecular flexibility index (Phi) is 4.99. The number of nitrogens with zero attached hydrogens (tertiary/aromatic N) is 3. The second kappa shape index (κ2) is 7.55. The van der Waals surface area contributed by atoms with Crippen LogP contribution in [0.4, 0.5) is 10.2 Å². The molecule has 26 heavy (non-hydrogen) atoms. The van der Waals surface area contributed by atoms with E-state index in [9.17, 15) is 4.39 Å². The Balaban J connectivity index is 1.52. The summed E-state index contributed by atoms with van der Waals surface area (Å²) in [5.74, 6) is 0.834. The molecule has 0 radical (unpaired) electrons. The fraction of sp³-hybridized carbons (Fsp3) is 0.389. The molecular weight excluding hydrogens is 355 g/mol. The Labute approximate surface area is 155 Å². The molecule has 3 aromatic rings. The quantitative estimate of drug-likeness (QED) is 0.635. The van der Waals surface area contributed by atoms with Gasteiger partial charge in [0.25, 0.3) is 0 Å². The summed E-state index contributed by atoms with van der Waals surface area (Å²) in [6.45, 7) is 2.81. The summed E-state index contributed by atoms with van der Waals surface area (Å²) >= 11 is 6.04. The van der Waals surface area contributed by atoms with E-state index in [0.717, 1.165) is 30.5 Å². The van der Waals surface area contributed by atoms with Gasteiger partial charge in [-0.05, 0) is 44.3 Å². The molecule has 1 fully saturated rings. The summed E-state index contributed by atoms with van der Waals surface area (Å²) in [6, 6.07) is 1.80. The molecule has 0 spiro atoms. The maximum atomic E-state index is 14.1. The van der Waals surface area contributed by atoms with Crippen molar-refractivity contribution in [1.29, 1.82) is 0 Å². The molecule has 3 N–H and O–H groups in total. The van der Waals surface area contributed by atoms with Crippen molar-refractivity contribution in [1.82, 2.24) is 25.3 Å². The average Bonchev–Trinajstić information content (AvgIpc) is 3.07. The lowest BCUT2D eigenvalue weighted by Gasteiger charge is -2.22. The predicted molar refractivity (Wildman–Crippen MR) is 101 cm³/mol. The first-order valence-corrected chi connectivity index (χ1v) is 9.18. The van der Waals surface area contributed by atoms with Crippen molar-refractivity contribution >= 4 is 28.5 Å². The number of pyridine rings is 1. The normalized spacial score (nSPS) is 17.5. The van der Waals surface area contributed by atoms with Gasteiger partial charge >= 0.3 is 0 Å². The number of aromatic nitrogens is 4. The molecule has 0 saturated carbocycles. The van der Waals surface area contributed by atoms with Gasteiger partial charge in [0.2, 0.25) is 0 Å². The number of aromatic amines is 1. The third-order valence-electron chi connectivity index (χ3n) is 4.73. The highest BCUT2D eigenvalue weighted by Gasteiger charge is 2.15. The van der Waals surface area contributed by atoms with Crippen molar-refractivity contribution < 1.29 is 4.39 Å². The summed E-state index contributed by atoms with van der Waals surface area (Å²) < 4.78 is 14.1. The van der Waals surface area contributed by atoms with Crippen LogP contribution in [0.15, 0.2) is 24.7 Å². The molecule has 1 unspecified atom stereocenters. The van der Waals surface area contributed by atoms with Gasteiger partial charge in [0.1, 0.15) is 5.65 Å². The van der Waals surface area contributed by atoms with E-state index in [1.54, 1.807) is 18.5 Å². The molecule has 0 bridgehead atoms. The first-order valence-electron chi connectivity index (χ1n) is 8.81. The second-order valence-electron chi connectivity index (χ2n) is 6.57. The zero-order chi connectivity index (χ0) is 17.9. The van der Waals surface area contributed by atoms with E-state index in [4.69, 9.17) is 11.6 Å². The van der Waals surface area contributed by atoms with Crippen LogP contribution >= 0.6 is 11.6 Å². The smallest absolute Gasteiger partial charge is 0.183 e. The molecule has 3 aromatic heterocycles. The van der Waals surface area contributed by atoms with Crippen LogP contribution in [0.3, 0.4) is 0 Å². The summed E-state index contributed by atoms with van der Waals surface area (Å²) in [5, 5.41) is 7.85. The molecule has 0 aromatic carbocycles. The standard InChI is InChI=1S/C18H20ClFN6/c19-12-6-13-14(9-24-16(13)23-8-12)17-25-10-15(20)18(26-17)22-5-3-11-2-1-4-21-7-11/h6,8-11,21H,1-5,7H2,(H,23,24)(H,22,25,26). The van der Waals surface area contributed by atoms with Gasteiger partial charge in [-0.15, -0.1) is 0 Å². The van der Waals surface area contributed by atoms with Gasteiger partial charge in [0, 0.05) is 29.9 Å². The molecule has 4 rings (SSSR count). The van der Waals surface area contributed by atoms with Gasteiger partial charge in [-0.2, -0.15) is 0 Å². The van der Waals surface area contributed by atoms with Crippen molar-refractivity contribution in [2.45, 2.75) is 19.3 Å². The number of anilines is 1. The van der Waals surface area contributed by atoms with Gasteiger partial charge in [0.05, 0.1) is 11.2 Å². The minimum atomic E-state index is -0.452. The van der Waals surface area contributed by atoms with Crippen molar-refractivity contribution in [3.05, 3.63) is 35.5 Å². The topological polar surface area (TPSA) is 78.5 Å². The fourth-order valence-corrected chi connectivity index (χ4v) is 3.51. The zero-order valence-electron chi connectivity index (χ0n) is 14.2. The molecule has 1 aliphatic rings. The number of hydrogen-bond donors (Lipinski definition) is 3. The highest BCUT2D eigenvalue weighted by atomic mass is 35.5. The third-order valence-corrected chi connectivity index (χ3v) is 4.93. The maximum absolute atomic E-state index is 14.1. The minimum Gasteiger partial charge on any atom is -0.368 e. The molecular formula is C18H20ClFN6. The number of nitrogens with one attached hydrogen (secondary N) is 3. The number of fused-ring (bicyclic) bond motifs is 1. The van der Waals surface area contributed by atoms with E-state index in [-0.39, 0.29) is 5.82 Å². The summed E-state index contributed by atoms with van der Waals surface area (Å²) in [6.07, 6.45) is 7.94. The SMILES string of the molecule is Fc1cnc(-c2c[nH]c3ncc(Cl)cc23)nc1NCCC1CCCNC1. The van der Waals surface area contributed by atoms with Crippen LogP contribution in [-0.4, -0.2) is 39.6 Å². The largest absolute Gasteiger partial charge is 0.368 e. The maximum Gasteiger partial charge on any atom is 0.183 e. The van der Waals surface area contributed by atoms with Crippen molar-refractivity contribution in [2.24, 2.45) is 5.92 Å². The molecule has 4 heterocycles. The van der Waals surface area contributed by atoms with E-state index in [2.05, 4.69) is 30.6 Å². The van der Waals surface area contributed by atoms with Crippen LogP contribution in [0.25, 0.3) is 22.4 Å². The fourth-order valence-electron chi connectivity index (χ4n) is 3.35. The van der Waals surface area contributed by atoms with Crippen LogP contribution < -0.4 is 10.6 Å². The Morgan fingerprint density at radius 3 is 3.08 bits per heavy atom. The lowest BCUT2D eigenvalue weighted by Crippen LogP contribution is -2.30. The van der Waals surface area contributed by atoms with E-state index < -0.39 is 5.82 Å². The predicted octanol–water partition coefficient (Wildman–Crippen LogP) is 3.61. The summed E-state index contributed by atoms with van der Waals surface area (Å²) in [4.78, 5) is 15.8. The summed E-state index contributed by atoms with van der Waals surface area (Å²) in [5.41, 5.74) is 1.44. The zero-order valence-corrected chi connectivity index (χ0v) is 15.0. The third kappa shape index (κ3) is 3.64. The first-order chi connectivity index (χ1) is 12.7. The molecule has 136 valence electrons. The van der Waals surface area contributed by atoms with E-state index >= 15 is 0 Å². The Morgan fingerprint density at radius 2 is 2.23 bits per heavy atom.